The Morgan fingerprint density at radius 2 is 1.19 bits per heavy atom. The van der Waals surface area contributed by atoms with E-state index in [9.17, 15) is 22.9 Å². The molecule has 0 bridgehead atoms. The minimum Gasteiger partial charge on any atom is -0.507 e. The number of nitrogen functional groups attached to an aromatic ring is 2. The number of hydrogen-bond acceptors (Lipinski definition) is 13. The minimum atomic E-state index is -4.46. The van der Waals surface area contributed by atoms with Crippen LogP contribution >= 0.6 is 11.8 Å². The van der Waals surface area contributed by atoms with E-state index in [1.165, 1.54) is 42.1 Å². The fraction of sp³-hybridized carbons (Fsp3) is 0.0278. The SMILES string of the molecule is Cc1cc(N=Nc2ccc(Sc3ccc(N=Nc4ccc(O)c(C(=O)O)c4)cc3)cc2)c(N)c(N=Nc2ccc(S(=O)(=O)O)c3ccccc23)c1N.[Na].[Na]. The van der Waals surface area contributed by atoms with Crippen LogP contribution in [0.1, 0.15) is 15.9 Å². The second kappa shape index (κ2) is 18.2. The summed E-state index contributed by atoms with van der Waals surface area (Å²) in [5, 5.41) is 45.1. The van der Waals surface area contributed by atoms with Gasteiger partial charge in [0.05, 0.1) is 34.1 Å². The molecule has 0 unspecified atom stereocenters. The van der Waals surface area contributed by atoms with E-state index in [1.807, 2.05) is 24.3 Å². The molecule has 0 saturated heterocycles. The predicted molar refractivity (Wildman–Crippen MR) is 210 cm³/mol. The Hall–Kier alpha value is -4.49. The zero-order chi connectivity index (χ0) is 37.0. The van der Waals surface area contributed by atoms with Crippen LogP contribution in [0.25, 0.3) is 10.8 Å². The van der Waals surface area contributed by atoms with Crippen LogP contribution in [0.4, 0.5) is 45.5 Å². The average Bonchev–Trinajstić information content (AvgIpc) is 3.12. The van der Waals surface area contributed by atoms with Gasteiger partial charge in [0.2, 0.25) is 0 Å². The number of aromatic hydroxyl groups is 1. The van der Waals surface area contributed by atoms with Crippen molar-refractivity contribution in [1.82, 2.24) is 0 Å². The van der Waals surface area contributed by atoms with Gasteiger partial charge in [-0.2, -0.15) is 23.8 Å². The van der Waals surface area contributed by atoms with Gasteiger partial charge < -0.3 is 21.7 Å². The number of azo groups is 3. The fourth-order valence-electron chi connectivity index (χ4n) is 4.96. The first-order chi connectivity index (χ1) is 24.9. The van der Waals surface area contributed by atoms with Crippen molar-refractivity contribution in [3.63, 3.8) is 0 Å². The maximum absolute atomic E-state index is 11.9. The van der Waals surface area contributed by atoms with Gasteiger partial charge in [-0.05, 0) is 97.4 Å². The van der Waals surface area contributed by atoms with Crippen molar-refractivity contribution < 1.29 is 28.0 Å². The van der Waals surface area contributed by atoms with Crippen molar-refractivity contribution in [1.29, 1.82) is 0 Å². The molecule has 2 radical (unpaired) electrons. The van der Waals surface area contributed by atoms with Crippen molar-refractivity contribution >= 4 is 143 Å². The number of aryl methyl sites for hydroxylation is 1. The van der Waals surface area contributed by atoms with E-state index in [0.29, 0.717) is 45.1 Å². The molecule has 0 aliphatic heterocycles. The van der Waals surface area contributed by atoms with E-state index in [1.54, 1.807) is 61.5 Å². The van der Waals surface area contributed by atoms with E-state index in [2.05, 4.69) is 30.7 Å². The Labute approximate surface area is 357 Å². The van der Waals surface area contributed by atoms with E-state index >= 15 is 0 Å². The molecule has 0 amide bonds. The molecule has 7 N–H and O–H groups in total. The Morgan fingerprint density at radius 3 is 1.78 bits per heavy atom. The smallest absolute Gasteiger partial charge is 0.339 e. The number of phenols is 1. The van der Waals surface area contributed by atoms with Gasteiger partial charge in [0, 0.05) is 79.7 Å². The molecule has 6 aromatic rings. The Morgan fingerprint density at radius 1 is 0.648 bits per heavy atom. The molecular formula is C36H28N8Na2O6S2. The van der Waals surface area contributed by atoms with Crippen LogP contribution in [-0.2, 0) is 10.1 Å². The quantitative estimate of drug-likeness (QED) is 0.0384. The summed E-state index contributed by atoms with van der Waals surface area (Å²) in [6, 6.07) is 29.7. The molecule has 0 saturated carbocycles. The van der Waals surface area contributed by atoms with E-state index in [4.69, 9.17) is 16.6 Å². The van der Waals surface area contributed by atoms with E-state index in [0.717, 1.165) is 9.79 Å². The normalized spacial score (nSPS) is 11.6. The molecule has 54 heavy (non-hydrogen) atoms. The van der Waals surface area contributed by atoms with Gasteiger partial charge in [-0.1, -0.05) is 36.0 Å². The fourth-order valence-corrected chi connectivity index (χ4v) is 6.47. The van der Waals surface area contributed by atoms with Crippen molar-refractivity contribution in [3.8, 4) is 5.75 Å². The van der Waals surface area contributed by atoms with Crippen LogP contribution in [0.5, 0.6) is 5.75 Å². The molecular weight excluding hydrogens is 751 g/mol. The van der Waals surface area contributed by atoms with Crippen LogP contribution in [-0.4, -0.2) is 88.3 Å². The average molecular weight is 779 g/mol. The first-order valence-corrected chi connectivity index (χ1v) is 17.5. The van der Waals surface area contributed by atoms with Crippen LogP contribution in [0, 0.1) is 6.92 Å². The maximum Gasteiger partial charge on any atom is 0.339 e. The van der Waals surface area contributed by atoms with E-state index < -0.39 is 16.1 Å². The Bertz CT molecular complexity index is 2550. The number of nitrogens with two attached hydrogens (primary N) is 2. The number of benzene rings is 6. The second-order valence-corrected chi connectivity index (χ2v) is 13.7. The predicted octanol–water partition coefficient (Wildman–Crippen LogP) is 9.60. The first kappa shape index (κ1) is 42.3. The number of hydrogen-bond donors (Lipinski definition) is 5. The van der Waals surface area contributed by atoms with E-state index in [-0.39, 0.29) is 92.1 Å². The molecule has 0 heterocycles. The van der Waals surface area contributed by atoms with Gasteiger partial charge in [-0.15, -0.1) is 15.3 Å². The number of nitrogens with zero attached hydrogens (tertiary/aromatic N) is 6. The number of carbonyl (C=O) groups is 1. The van der Waals surface area contributed by atoms with Crippen molar-refractivity contribution in [3.05, 3.63) is 120 Å². The largest absolute Gasteiger partial charge is 0.507 e. The van der Waals surface area contributed by atoms with Crippen molar-refractivity contribution in [2.45, 2.75) is 21.6 Å². The third-order valence-corrected chi connectivity index (χ3v) is 9.56. The summed E-state index contributed by atoms with van der Waals surface area (Å²) in [5.74, 6) is -1.60. The molecule has 18 heteroatoms. The molecule has 6 aromatic carbocycles. The minimum absolute atomic E-state index is 0. The summed E-state index contributed by atoms with van der Waals surface area (Å²) in [6.07, 6.45) is 0. The Kier molecular flexibility index (Phi) is 14.3. The molecule has 0 spiro atoms. The number of aromatic carboxylic acids is 1. The summed E-state index contributed by atoms with van der Waals surface area (Å²) in [4.78, 5) is 12.9. The monoisotopic (exact) mass is 778 g/mol. The van der Waals surface area contributed by atoms with Gasteiger partial charge in [0.1, 0.15) is 27.6 Å². The summed E-state index contributed by atoms with van der Waals surface area (Å²) in [5.41, 5.74) is 15.9. The van der Waals surface area contributed by atoms with Gasteiger partial charge in [0.15, 0.2) is 0 Å². The van der Waals surface area contributed by atoms with Crippen LogP contribution in [0.3, 0.4) is 0 Å². The third kappa shape index (κ3) is 9.97. The van der Waals surface area contributed by atoms with Gasteiger partial charge >= 0.3 is 5.97 Å². The maximum atomic E-state index is 11.9. The molecule has 0 aliphatic rings. The summed E-state index contributed by atoms with van der Waals surface area (Å²) < 4.78 is 33.4. The molecule has 0 fully saturated rings. The number of anilines is 2. The van der Waals surface area contributed by atoms with Crippen LogP contribution in [0.2, 0.25) is 0 Å². The van der Waals surface area contributed by atoms with Gasteiger partial charge in [0.25, 0.3) is 10.1 Å². The Balaban J connectivity index is 0.00000325. The molecule has 14 nitrogen and oxygen atoms in total. The second-order valence-electron chi connectivity index (χ2n) is 11.2. The molecule has 6 rings (SSSR count). The summed E-state index contributed by atoms with van der Waals surface area (Å²) in [7, 11) is -4.46. The molecule has 0 aliphatic carbocycles. The summed E-state index contributed by atoms with van der Waals surface area (Å²) >= 11 is 1.52. The summed E-state index contributed by atoms with van der Waals surface area (Å²) in [6.45, 7) is 1.77. The van der Waals surface area contributed by atoms with Crippen LogP contribution in [0.15, 0.2) is 155 Å². The number of rotatable bonds is 10. The number of carboxylic acids is 1. The topological polar surface area (TPSA) is 238 Å². The van der Waals surface area contributed by atoms with Gasteiger partial charge in [-0.25, -0.2) is 4.79 Å². The number of fused-ring (bicyclic) bond motifs is 1. The molecule has 262 valence electrons. The molecule has 0 aromatic heterocycles. The standard InChI is InChI=1S/C36H28N8O6S2.2Na/c1-20-18-30(34(38)35(33(20)37)44-42-29-15-17-32(52(48,49)50)27-5-3-2-4-26(27)29)43-40-22-8-13-25(14-9-22)51-24-11-6-21(7-12-24)39-41-23-10-16-31(45)28(19-23)36(46)47;;/h2-19,45H,37-38H2,1H3,(H,46,47)(H,48,49,50);;. The zero-order valence-electron chi connectivity index (χ0n) is 29.1. The first-order valence-electron chi connectivity index (χ1n) is 15.2. The van der Waals surface area contributed by atoms with Crippen molar-refractivity contribution in [2.75, 3.05) is 11.5 Å². The molecule has 0 atom stereocenters. The zero-order valence-corrected chi connectivity index (χ0v) is 34.7. The van der Waals surface area contributed by atoms with Gasteiger partial charge in [-0.3, -0.25) is 4.55 Å². The van der Waals surface area contributed by atoms with Crippen LogP contribution < -0.4 is 11.5 Å². The third-order valence-electron chi connectivity index (χ3n) is 7.63. The van der Waals surface area contributed by atoms with Crippen molar-refractivity contribution in [2.24, 2.45) is 30.7 Å². The number of carboxylic acid groups (broad SMARTS) is 1.